The Balaban J connectivity index is 3.94. The lowest BCUT2D eigenvalue weighted by molar-refractivity contribution is 0.567. The highest BCUT2D eigenvalue weighted by molar-refractivity contribution is 7.91. The third-order valence-electron chi connectivity index (χ3n) is 1.31. The molecule has 0 N–H and O–H groups in total. The zero-order chi connectivity index (χ0) is 10.2. The van der Waals surface area contributed by atoms with Gasteiger partial charge in [0.2, 0.25) is 0 Å². The molecule has 0 aromatic heterocycles. The molecule has 0 spiro atoms. The Hall–Kier alpha value is -1.15. The van der Waals surface area contributed by atoms with Crippen molar-refractivity contribution in [1.29, 1.82) is 0 Å². The van der Waals surface area contributed by atoms with Gasteiger partial charge in [-0.15, -0.1) is 0 Å². The van der Waals surface area contributed by atoms with Crippen LogP contribution in [-0.2, 0) is 19.4 Å². The Labute approximate surface area is 76.9 Å². The van der Waals surface area contributed by atoms with Crippen molar-refractivity contribution in [1.82, 2.24) is 0 Å². The highest BCUT2D eigenvalue weighted by Gasteiger charge is 2.07. The van der Waals surface area contributed by atoms with Crippen molar-refractivity contribution in [3.05, 3.63) is 12.2 Å². The van der Waals surface area contributed by atoms with E-state index in [4.69, 9.17) is 0 Å². The summed E-state index contributed by atoms with van der Waals surface area (Å²) >= 11 is 0. The fourth-order valence-corrected chi connectivity index (χ4v) is 1.85. The van der Waals surface area contributed by atoms with E-state index < -0.39 is 9.84 Å². The van der Waals surface area contributed by atoms with E-state index in [-0.39, 0.29) is 24.3 Å². The van der Waals surface area contributed by atoms with Gasteiger partial charge in [0.1, 0.15) is 11.9 Å². The summed E-state index contributed by atoms with van der Waals surface area (Å²) in [4.78, 5) is 19.4. The highest BCUT2D eigenvalue weighted by atomic mass is 32.2. The molecule has 0 bridgehead atoms. The van der Waals surface area contributed by atoms with Crippen LogP contribution in [0.4, 0.5) is 0 Å². The summed E-state index contributed by atoms with van der Waals surface area (Å²) in [7, 11) is -3.15. The van der Waals surface area contributed by atoms with Crippen LogP contribution >= 0.6 is 0 Å². The van der Waals surface area contributed by atoms with Gasteiger partial charge >= 0.3 is 0 Å². The molecule has 5 heteroatoms. The fourth-order valence-electron chi connectivity index (χ4n) is 0.697. The van der Waals surface area contributed by atoms with Crippen LogP contribution in [0.2, 0.25) is 0 Å². The summed E-state index contributed by atoms with van der Waals surface area (Å²) in [6, 6.07) is 0. The van der Waals surface area contributed by atoms with E-state index in [1.165, 1.54) is 11.9 Å². The van der Waals surface area contributed by atoms with Crippen LogP contribution in [-0.4, -0.2) is 31.8 Å². The Morgan fingerprint density at radius 3 is 1.62 bits per heavy atom. The van der Waals surface area contributed by atoms with E-state index in [1.54, 1.807) is 0 Å². The lowest BCUT2D eigenvalue weighted by Crippen LogP contribution is -2.09. The first-order chi connectivity index (χ1) is 6.12. The molecule has 0 heterocycles. The minimum absolute atomic E-state index is 0.0745. The number of hydrogen-bond donors (Lipinski definition) is 0. The van der Waals surface area contributed by atoms with Gasteiger partial charge < -0.3 is 0 Å². The zero-order valence-electron chi connectivity index (χ0n) is 7.02. The maximum atomic E-state index is 11.1. The van der Waals surface area contributed by atoms with E-state index in [0.29, 0.717) is 0 Å². The lowest BCUT2D eigenvalue weighted by atomic mass is 10.5. The molecule has 0 fully saturated rings. The van der Waals surface area contributed by atoms with Crippen molar-refractivity contribution in [3.8, 4) is 0 Å². The Morgan fingerprint density at radius 2 is 1.31 bits per heavy atom. The third kappa shape index (κ3) is 7.22. The second-order valence-electron chi connectivity index (χ2n) is 2.37. The van der Waals surface area contributed by atoms with Crippen molar-refractivity contribution in [3.63, 3.8) is 0 Å². The number of carbonyl (C=O) groups excluding carboxylic acids is 2. The molecule has 0 rings (SSSR count). The molecule has 0 aliphatic heterocycles. The number of hydrogen-bond acceptors (Lipinski definition) is 4. The van der Waals surface area contributed by atoms with E-state index in [2.05, 4.69) is 0 Å². The summed E-state index contributed by atoms with van der Waals surface area (Å²) in [5.41, 5.74) is 0. The van der Waals surface area contributed by atoms with Gasteiger partial charge in [-0.2, -0.15) is 0 Å². The van der Waals surface area contributed by atoms with Crippen LogP contribution in [0.15, 0.2) is 12.2 Å². The largest absolute Gasteiger partial charge is 0.234 e. The molecule has 0 saturated heterocycles. The van der Waals surface area contributed by atoms with Crippen LogP contribution in [0, 0.1) is 0 Å². The first-order valence-corrected chi connectivity index (χ1v) is 5.53. The fraction of sp³-hybridized carbons (Fsp3) is 0.500. The molecular weight excluding hydrogens is 192 g/mol. The second-order valence-corrected chi connectivity index (χ2v) is 4.68. The molecule has 0 radical (unpaired) electrons. The van der Waals surface area contributed by atoms with Crippen LogP contribution in [0.25, 0.3) is 0 Å². The van der Waals surface area contributed by atoms with Crippen molar-refractivity contribution >= 4 is 21.7 Å². The maximum Gasteiger partial charge on any atom is 0.150 e. The van der Waals surface area contributed by atoms with Gasteiger partial charge in [0.05, 0.1) is 11.5 Å². The van der Waals surface area contributed by atoms with Crippen molar-refractivity contribution in [2.45, 2.75) is 12.8 Å². The predicted molar refractivity (Wildman–Crippen MR) is 48.4 cm³/mol. The van der Waals surface area contributed by atoms with Gasteiger partial charge in [0.25, 0.3) is 0 Å². The van der Waals surface area contributed by atoms with Crippen molar-refractivity contribution in [2.24, 2.45) is 0 Å². The minimum atomic E-state index is -3.15. The molecule has 0 atom stereocenters. The quantitative estimate of drug-likeness (QED) is 0.566. The van der Waals surface area contributed by atoms with E-state index in [9.17, 15) is 18.0 Å². The van der Waals surface area contributed by atoms with Gasteiger partial charge in [-0.1, -0.05) is 0 Å². The van der Waals surface area contributed by atoms with E-state index >= 15 is 0 Å². The summed E-state index contributed by atoms with van der Waals surface area (Å²) < 4.78 is 22.2. The lowest BCUT2D eigenvalue weighted by Gasteiger charge is -1.97. The molecule has 0 amide bonds. The summed E-state index contributed by atoms with van der Waals surface area (Å²) in [6.45, 7) is 0. The Kier molecular flexibility index (Phi) is 5.81. The number of sulfone groups is 1. The highest BCUT2D eigenvalue weighted by Crippen LogP contribution is 1.97. The Bertz CT molecular complexity index is 301. The molecule has 0 aliphatic rings. The molecule has 0 aromatic carbocycles. The van der Waals surface area contributed by atoms with E-state index in [0.717, 1.165) is 12.2 Å². The van der Waals surface area contributed by atoms with Gasteiger partial charge in [-0.25, -0.2) is 18.0 Å². The average molecular weight is 202 g/mol. The Morgan fingerprint density at radius 1 is 0.923 bits per heavy atom. The summed E-state index contributed by atoms with van der Waals surface area (Å²) in [5, 5.41) is 0. The number of rotatable bonds is 6. The molecule has 72 valence electrons. The average Bonchev–Trinajstić information content (AvgIpc) is 2.05. The molecule has 0 aliphatic carbocycles. The smallest absolute Gasteiger partial charge is 0.150 e. The predicted octanol–water partition coefficient (Wildman–Crippen LogP) is -0.0430. The first-order valence-electron chi connectivity index (χ1n) is 3.71. The monoisotopic (exact) mass is 202 g/mol. The molecule has 0 aromatic rings. The normalized spacial score (nSPS) is 9.85. The summed E-state index contributed by atoms with van der Waals surface area (Å²) in [5.74, 6) is 2.85. The minimum Gasteiger partial charge on any atom is -0.234 e. The third-order valence-corrected chi connectivity index (χ3v) is 3.03. The molecule has 0 saturated carbocycles. The molecule has 0 unspecified atom stereocenters. The topological polar surface area (TPSA) is 68.3 Å². The van der Waals surface area contributed by atoms with Crippen LogP contribution in [0.5, 0.6) is 0 Å². The zero-order valence-corrected chi connectivity index (χ0v) is 7.84. The SMILES string of the molecule is O=C=CCCS(=O)(=O)CCC=C=O. The van der Waals surface area contributed by atoms with Gasteiger partial charge in [-0.3, -0.25) is 0 Å². The van der Waals surface area contributed by atoms with Crippen LogP contribution in [0.1, 0.15) is 12.8 Å². The first kappa shape index (κ1) is 11.8. The van der Waals surface area contributed by atoms with Crippen LogP contribution in [0.3, 0.4) is 0 Å². The van der Waals surface area contributed by atoms with E-state index in [1.807, 2.05) is 0 Å². The molecular formula is C8H10O4S. The summed E-state index contributed by atoms with van der Waals surface area (Å²) in [6.07, 6.45) is 2.62. The van der Waals surface area contributed by atoms with Crippen molar-refractivity contribution in [2.75, 3.05) is 11.5 Å². The molecule has 4 nitrogen and oxygen atoms in total. The van der Waals surface area contributed by atoms with Gasteiger partial charge in [-0.05, 0) is 12.8 Å². The maximum absolute atomic E-state index is 11.1. The van der Waals surface area contributed by atoms with Crippen LogP contribution < -0.4 is 0 Å². The van der Waals surface area contributed by atoms with Gasteiger partial charge in [0, 0.05) is 12.2 Å². The molecule has 13 heavy (non-hydrogen) atoms. The number of allylic oxidation sites excluding steroid dienone is 2. The van der Waals surface area contributed by atoms with Crippen molar-refractivity contribution < 1.29 is 18.0 Å². The second kappa shape index (κ2) is 6.38. The van der Waals surface area contributed by atoms with Gasteiger partial charge in [0.15, 0.2) is 9.84 Å². The standard InChI is InChI=1S/C8H10O4S/c9-5-1-3-7-13(11,12)8-4-2-6-10/h1-2H,3-4,7-8H2.